The molecule has 2 nitrogen and oxygen atoms in total. The molecule has 0 saturated carbocycles. The van der Waals surface area contributed by atoms with E-state index in [1.807, 2.05) is 6.07 Å². The minimum absolute atomic E-state index is 0.406. The zero-order valence-corrected chi connectivity index (χ0v) is 6.57. The van der Waals surface area contributed by atoms with Crippen LogP contribution in [0.25, 0.3) is 0 Å². The molecule has 0 saturated heterocycles. The van der Waals surface area contributed by atoms with Crippen LogP contribution in [0.4, 0.5) is 0 Å². The number of para-hydroxylation sites is 1. The lowest BCUT2D eigenvalue weighted by molar-refractivity contribution is -0.128. The van der Waals surface area contributed by atoms with E-state index in [0.717, 1.165) is 0 Å². The fraction of sp³-hybridized carbons (Fsp3) is 0. The van der Waals surface area contributed by atoms with E-state index in [4.69, 9.17) is 4.74 Å². The molecule has 0 atom stereocenters. The van der Waals surface area contributed by atoms with Crippen LogP contribution >= 0.6 is 0 Å². The minimum Gasteiger partial charge on any atom is -0.423 e. The lowest BCUT2D eigenvalue weighted by atomic mass is 10.3. The predicted octanol–water partition coefficient (Wildman–Crippen LogP) is 1.98. The van der Waals surface area contributed by atoms with Crippen molar-refractivity contribution in [2.24, 2.45) is 0 Å². The van der Waals surface area contributed by atoms with Crippen molar-refractivity contribution < 1.29 is 9.53 Å². The summed E-state index contributed by atoms with van der Waals surface area (Å²) in [5.74, 6) is 0.136. The summed E-state index contributed by atoms with van der Waals surface area (Å²) in [5, 5.41) is 0. The van der Waals surface area contributed by atoms with E-state index >= 15 is 0 Å². The van der Waals surface area contributed by atoms with Gasteiger partial charge in [0.1, 0.15) is 5.75 Å². The summed E-state index contributed by atoms with van der Waals surface area (Å²) in [7, 11) is 0. The number of allylic oxidation sites excluding steroid dienone is 1. The summed E-state index contributed by atoms with van der Waals surface area (Å²) in [6.07, 6.45) is 2.66. The Morgan fingerprint density at radius 2 is 2.00 bits per heavy atom. The molecule has 2 heteroatoms. The molecule has 0 heterocycles. The lowest BCUT2D eigenvalue weighted by Gasteiger charge is -1.98. The number of carbonyl (C=O) groups is 1. The number of hydrogen-bond donors (Lipinski definition) is 0. The molecule has 1 aromatic carbocycles. The van der Waals surface area contributed by atoms with Crippen molar-refractivity contribution in [1.29, 1.82) is 0 Å². The van der Waals surface area contributed by atoms with Gasteiger partial charge in [-0.25, -0.2) is 4.79 Å². The molecule has 0 spiro atoms. The Labute approximate surface area is 71.5 Å². The summed E-state index contributed by atoms with van der Waals surface area (Å²) in [5.41, 5.74) is 0. The standard InChI is InChI=1S/C10H9O2/c1-2-6-10(11)12-9-7-4-3-5-8-9/h2-8H,1H2/b6-2+. The van der Waals surface area contributed by atoms with Gasteiger partial charge in [-0.3, -0.25) is 0 Å². The fourth-order valence-corrected chi connectivity index (χ4v) is 0.735. The highest BCUT2D eigenvalue weighted by atomic mass is 16.5. The lowest BCUT2D eigenvalue weighted by Crippen LogP contribution is -2.02. The molecule has 0 aliphatic rings. The van der Waals surface area contributed by atoms with Crippen LogP contribution in [-0.4, -0.2) is 5.97 Å². The SMILES string of the molecule is [CH2]/C=C/C(=O)Oc1ccccc1. The van der Waals surface area contributed by atoms with Crippen LogP contribution in [-0.2, 0) is 4.79 Å². The van der Waals surface area contributed by atoms with Crippen LogP contribution in [0.5, 0.6) is 5.75 Å². The summed E-state index contributed by atoms with van der Waals surface area (Å²) in [6, 6.07) is 8.89. The van der Waals surface area contributed by atoms with Gasteiger partial charge in [0, 0.05) is 6.08 Å². The van der Waals surface area contributed by atoms with Crippen LogP contribution in [0.1, 0.15) is 0 Å². The van der Waals surface area contributed by atoms with Crippen molar-refractivity contribution in [3.05, 3.63) is 49.4 Å². The van der Waals surface area contributed by atoms with E-state index in [2.05, 4.69) is 6.92 Å². The highest BCUT2D eigenvalue weighted by Crippen LogP contribution is 2.08. The number of rotatable bonds is 2. The maximum atomic E-state index is 10.9. The van der Waals surface area contributed by atoms with Crippen molar-refractivity contribution in [3.63, 3.8) is 0 Å². The monoisotopic (exact) mass is 161 g/mol. The van der Waals surface area contributed by atoms with Crippen molar-refractivity contribution in [1.82, 2.24) is 0 Å². The third-order valence-electron chi connectivity index (χ3n) is 1.22. The molecule has 12 heavy (non-hydrogen) atoms. The smallest absolute Gasteiger partial charge is 0.335 e. The van der Waals surface area contributed by atoms with Gasteiger partial charge in [-0.1, -0.05) is 24.3 Å². The zero-order chi connectivity index (χ0) is 8.81. The van der Waals surface area contributed by atoms with E-state index < -0.39 is 5.97 Å². The van der Waals surface area contributed by atoms with E-state index in [1.54, 1.807) is 24.3 Å². The van der Waals surface area contributed by atoms with Crippen LogP contribution in [0.3, 0.4) is 0 Å². The molecule has 61 valence electrons. The van der Waals surface area contributed by atoms with Crippen LogP contribution in [0, 0.1) is 6.92 Å². The molecule has 0 aromatic heterocycles. The average Bonchev–Trinajstić information content (AvgIpc) is 2.06. The molecule has 0 bridgehead atoms. The van der Waals surface area contributed by atoms with Crippen molar-refractivity contribution in [2.75, 3.05) is 0 Å². The molecule has 0 N–H and O–H groups in total. The maximum Gasteiger partial charge on any atom is 0.335 e. The largest absolute Gasteiger partial charge is 0.423 e. The van der Waals surface area contributed by atoms with Gasteiger partial charge in [0.05, 0.1) is 0 Å². The Hall–Kier alpha value is -1.57. The quantitative estimate of drug-likeness (QED) is 0.376. The second-order valence-corrected chi connectivity index (χ2v) is 2.14. The molecule has 0 fully saturated rings. The van der Waals surface area contributed by atoms with E-state index in [9.17, 15) is 4.79 Å². The van der Waals surface area contributed by atoms with Crippen LogP contribution in [0.15, 0.2) is 42.5 Å². The van der Waals surface area contributed by atoms with Gasteiger partial charge in [-0.15, -0.1) is 0 Å². The Balaban J connectivity index is 2.59. The van der Waals surface area contributed by atoms with Gasteiger partial charge in [0.15, 0.2) is 0 Å². The van der Waals surface area contributed by atoms with E-state index in [1.165, 1.54) is 12.2 Å². The molecular formula is C10H9O2. The topological polar surface area (TPSA) is 26.3 Å². The molecule has 0 amide bonds. The second-order valence-electron chi connectivity index (χ2n) is 2.14. The number of benzene rings is 1. The molecule has 0 unspecified atom stereocenters. The third-order valence-corrected chi connectivity index (χ3v) is 1.22. The average molecular weight is 161 g/mol. The van der Waals surface area contributed by atoms with Gasteiger partial charge < -0.3 is 4.74 Å². The normalized spacial score (nSPS) is 10.1. The van der Waals surface area contributed by atoms with E-state index in [0.29, 0.717) is 5.75 Å². The summed E-state index contributed by atoms with van der Waals surface area (Å²) < 4.78 is 4.89. The highest BCUT2D eigenvalue weighted by Gasteiger charge is 1.96. The van der Waals surface area contributed by atoms with Crippen molar-refractivity contribution in [3.8, 4) is 5.75 Å². The highest BCUT2D eigenvalue weighted by molar-refractivity contribution is 5.84. The van der Waals surface area contributed by atoms with Crippen molar-refractivity contribution >= 4 is 5.97 Å². The number of esters is 1. The first-order valence-corrected chi connectivity index (χ1v) is 3.55. The van der Waals surface area contributed by atoms with Gasteiger partial charge in [-0.2, -0.15) is 0 Å². The molecule has 0 aliphatic carbocycles. The molecule has 0 aliphatic heterocycles. The number of carbonyl (C=O) groups excluding carboxylic acids is 1. The second kappa shape index (κ2) is 4.34. The van der Waals surface area contributed by atoms with Crippen molar-refractivity contribution in [2.45, 2.75) is 0 Å². The zero-order valence-electron chi connectivity index (χ0n) is 6.57. The van der Waals surface area contributed by atoms with E-state index in [-0.39, 0.29) is 0 Å². The van der Waals surface area contributed by atoms with Gasteiger partial charge in [0.2, 0.25) is 0 Å². The van der Waals surface area contributed by atoms with Gasteiger partial charge in [-0.05, 0) is 19.1 Å². The summed E-state index contributed by atoms with van der Waals surface area (Å²) >= 11 is 0. The molecule has 1 rings (SSSR count). The Morgan fingerprint density at radius 1 is 1.33 bits per heavy atom. The predicted molar refractivity (Wildman–Crippen MR) is 46.6 cm³/mol. The molecule has 1 aromatic rings. The Bertz CT molecular complexity index is 275. The third kappa shape index (κ3) is 2.58. The van der Waals surface area contributed by atoms with Crippen LogP contribution in [0.2, 0.25) is 0 Å². The first kappa shape index (κ1) is 8.53. The first-order chi connectivity index (χ1) is 5.83. The minimum atomic E-state index is -0.406. The Kier molecular flexibility index (Phi) is 3.08. The molecular weight excluding hydrogens is 152 g/mol. The summed E-state index contributed by atoms with van der Waals surface area (Å²) in [4.78, 5) is 10.9. The number of hydrogen-bond acceptors (Lipinski definition) is 2. The van der Waals surface area contributed by atoms with Gasteiger partial charge in [0.25, 0.3) is 0 Å². The Morgan fingerprint density at radius 3 is 2.58 bits per heavy atom. The summed E-state index contributed by atoms with van der Waals surface area (Å²) in [6.45, 7) is 3.39. The van der Waals surface area contributed by atoms with Crippen LogP contribution < -0.4 is 4.74 Å². The fourth-order valence-electron chi connectivity index (χ4n) is 0.735. The number of ether oxygens (including phenoxy) is 1. The van der Waals surface area contributed by atoms with Gasteiger partial charge >= 0.3 is 5.97 Å². The maximum absolute atomic E-state index is 10.9. The first-order valence-electron chi connectivity index (χ1n) is 3.55. The molecule has 1 radical (unpaired) electrons.